The lowest BCUT2D eigenvalue weighted by Gasteiger charge is -2.01. The molecule has 0 radical (unpaired) electrons. The van der Waals surface area contributed by atoms with E-state index >= 15 is 0 Å². The first-order valence-corrected chi connectivity index (χ1v) is 8.46. The van der Waals surface area contributed by atoms with E-state index in [1.54, 1.807) is 24.6 Å². The smallest absolute Gasteiger partial charge is 0.271 e. The summed E-state index contributed by atoms with van der Waals surface area (Å²) in [6.07, 6.45) is 6.24. The van der Waals surface area contributed by atoms with Crippen LogP contribution in [-0.2, 0) is 0 Å². The molecule has 1 aliphatic carbocycles. The molecular formula is C17H17N3O2S. The Bertz CT molecular complexity index is 832. The van der Waals surface area contributed by atoms with E-state index in [-0.39, 0.29) is 5.91 Å². The van der Waals surface area contributed by atoms with Crippen molar-refractivity contribution in [2.45, 2.75) is 12.8 Å². The summed E-state index contributed by atoms with van der Waals surface area (Å²) >= 11 is 1.56. The Morgan fingerprint density at radius 2 is 2.30 bits per heavy atom. The van der Waals surface area contributed by atoms with Crippen LogP contribution in [0, 0.1) is 5.92 Å². The van der Waals surface area contributed by atoms with Gasteiger partial charge in [-0.1, -0.05) is 23.5 Å². The molecule has 1 aromatic carbocycles. The molecule has 6 heteroatoms. The first-order valence-electron chi connectivity index (χ1n) is 7.64. The minimum Gasteiger partial charge on any atom is -0.497 e. The Labute approximate surface area is 137 Å². The van der Waals surface area contributed by atoms with Crippen molar-refractivity contribution in [2.24, 2.45) is 5.92 Å². The van der Waals surface area contributed by atoms with E-state index < -0.39 is 0 Å². The summed E-state index contributed by atoms with van der Waals surface area (Å²) in [6.45, 7) is 0.763. The molecule has 1 amide bonds. The number of hydrogen-bond donors (Lipinski definition) is 1. The normalized spacial score (nSPS) is 14.1. The first-order chi connectivity index (χ1) is 11.2. The summed E-state index contributed by atoms with van der Waals surface area (Å²) < 4.78 is 7.17. The summed E-state index contributed by atoms with van der Waals surface area (Å²) in [6, 6.07) is 7.92. The molecule has 1 saturated carbocycles. The highest BCUT2D eigenvalue weighted by Crippen LogP contribution is 2.31. The van der Waals surface area contributed by atoms with Crippen molar-refractivity contribution in [3.63, 3.8) is 0 Å². The van der Waals surface area contributed by atoms with Gasteiger partial charge < -0.3 is 10.1 Å². The number of benzene rings is 1. The Kier molecular flexibility index (Phi) is 3.53. The molecule has 1 aliphatic rings. The van der Waals surface area contributed by atoms with Crippen molar-refractivity contribution in [3.05, 3.63) is 42.4 Å². The summed E-state index contributed by atoms with van der Waals surface area (Å²) in [5, 5.41) is 2.95. The quantitative estimate of drug-likeness (QED) is 0.783. The van der Waals surface area contributed by atoms with E-state index in [4.69, 9.17) is 4.74 Å². The Morgan fingerprint density at radius 1 is 1.43 bits per heavy atom. The first kappa shape index (κ1) is 14.3. The topological polar surface area (TPSA) is 55.6 Å². The van der Waals surface area contributed by atoms with Crippen molar-refractivity contribution in [1.29, 1.82) is 0 Å². The maximum atomic E-state index is 12.1. The van der Waals surface area contributed by atoms with Crippen LogP contribution in [0.2, 0.25) is 0 Å². The van der Waals surface area contributed by atoms with Crippen LogP contribution in [0.4, 0.5) is 0 Å². The number of amides is 1. The van der Waals surface area contributed by atoms with Gasteiger partial charge in [-0.2, -0.15) is 0 Å². The number of imidazole rings is 1. The molecule has 2 aromatic heterocycles. The maximum Gasteiger partial charge on any atom is 0.271 e. The number of thiazole rings is 1. The average Bonchev–Trinajstić information content (AvgIpc) is 3.19. The average molecular weight is 327 g/mol. The van der Waals surface area contributed by atoms with Gasteiger partial charge in [0.15, 0.2) is 4.96 Å². The molecule has 5 nitrogen and oxygen atoms in total. The van der Waals surface area contributed by atoms with Crippen LogP contribution in [0.3, 0.4) is 0 Å². The molecule has 4 rings (SSSR count). The molecule has 0 aliphatic heterocycles. The third-order valence-corrected chi connectivity index (χ3v) is 5.04. The van der Waals surface area contributed by atoms with Crippen LogP contribution in [0.1, 0.15) is 23.3 Å². The van der Waals surface area contributed by atoms with Crippen molar-refractivity contribution in [2.75, 3.05) is 13.7 Å². The van der Waals surface area contributed by atoms with E-state index in [1.165, 1.54) is 12.8 Å². The molecular weight excluding hydrogens is 310 g/mol. The van der Waals surface area contributed by atoms with E-state index in [2.05, 4.69) is 10.3 Å². The fourth-order valence-electron chi connectivity index (χ4n) is 2.46. The summed E-state index contributed by atoms with van der Waals surface area (Å²) in [5.74, 6) is 1.41. The highest BCUT2D eigenvalue weighted by atomic mass is 32.1. The van der Waals surface area contributed by atoms with Gasteiger partial charge in [0.25, 0.3) is 5.91 Å². The minimum atomic E-state index is -0.0873. The summed E-state index contributed by atoms with van der Waals surface area (Å²) in [5.41, 5.74) is 1.56. The number of carbonyl (C=O) groups excluding carboxylic acids is 1. The lowest BCUT2D eigenvalue weighted by Crippen LogP contribution is -2.25. The SMILES string of the molecule is COc1cccc(-c2cn3cc(C(=O)NCC4CC4)nc3s2)c1. The number of nitrogens with one attached hydrogen (secondary N) is 1. The fraction of sp³-hybridized carbons (Fsp3) is 0.294. The lowest BCUT2D eigenvalue weighted by atomic mass is 10.2. The number of carbonyl (C=O) groups is 1. The molecule has 1 N–H and O–H groups in total. The molecule has 0 bridgehead atoms. The van der Waals surface area contributed by atoms with Crippen molar-refractivity contribution in [1.82, 2.24) is 14.7 Å². The standard InChI is InChI=1S/C17H17N3O2S/c1-22-13-4-2-3-12(7-13)15-10-20-9-14(19-17(20)23-15)16(21)18-8-11-5-6-11/h2-4,7,9-11H,5-6,8H2,1H3,(H,18,21). The number of ether oxygens (including phenoxy) is 1. The number of nitrogens with zero attached hydrogens (tertiary/aromatic N) is 2. The minimum absolute atomic E-state index is 0.0873. The Morgan fingerprint density at radius 3 is 3.04 bits per heavy atom. The number of aromatic nitrogens is 2. The van der Waals surface area contributed by atoms with Gasteiger partial charge in [0.1, 0.15) is 11.4 Å². The molecule has 118 valence electrons. The van der Waals surface area contributed by atoms with E-state index in [1.807, 2.05) is 34.9 Å². The third kappa shape index (κ3) is 2.94. The van der Waals surface area contributed by atoms with Crippen LogP contribution in [-0.4, -0.2) is 28.9 Å². The predicted molar refractivity (Wildman–Crippen MR) is 90.1 cm³/mol. The van der Waals surface area contributed by atoms with Crippen LogP contribution < -0.4 is 10.1 Å². The van der Waals surface area contributed by atoms with E-state index in [0.717, 1.165) is 27.7 Å². The lowest BCUT2D eigenvalue weighted by molar-refractivity contribution is 0.0947. The van der Waals surface area contributed by atoms with Gasteiger partial charge in [-0.15, -0.1) is 0 Å². The number of hydrogen-bond acceptors (Lipinski definition) is 4. The highest BCUT2D eigenvalue weighted by molar-refractivity contribution is 7.20. The van der Waals surface area contributed by atoms with Gasteiger partial charge in [0.2, 0.25) is 0 Å². The number of rotatable bonds is 5. The zero-order valence-electron chi connectivity index (χ0n) is 12.8. The van der Waals surface area contributed by atoms with Crippen LogP contribution in [0.15, 0.2) is 36.7 Å². The molecule has 3 aromatic rings. The van der Waals surface area contributed by atoms with Gasteiger partial charge in [0, 0.05) is 18.9 Å². The van der Waals surface area contributed by atoms with Crippen molar-refractivity contribution in [3.8, 4) is 16.2 Å². The molecule has 0 spiro atoms. The second-order valence-electron chi connectivity index (χ2n) is 5.80. The molecule has 23 heavy (non-hydrogen) atoms. The fourth-order valence-corrected chi connectivity index (χ4v) is 3.43. The molecule has 0 atom stereocenters. The largest absolute Gasteiger partial charge is 0.497 e. The second kappa shape index (κ2) is 5.70. The van der Waals surface area contributed by atoms with Gasteiger partial charge in [-0.25, -0.2) is 4.98 Å². The monoisotopic (exact) mass is 327 g/mol. The highest BCUT2D eigenvalue weighted by Gasteiger charge is 2.22. The van der Waals surface area contributed by atoms with Gasteiger partial charge in [0.05, 0.1) is 12.0 Å². The third-order valence-electron chi connectivity index (χ3n) is 3.99. The zero-order valence-corrected chi connectivity index (χ0v) is 13.6. The Hall–Kier alpha value is -2.34. The van der Waals surface area contributed by atoms with Crippen LogP contribution in [0.25, 0.3) is 15.4 Å². The maximum absolute atomic E-state index is 12.1. The summed E-state index contributed by atoms with van der Waals surface area (Å²) in [7, 11) is 1.66. The predicted octanol–water partition coefficient (Wildman–Crippen LogP) is 3.21. The van der Waals surface area contributed by atoms with Crippen molar-refractivity contribution < 1.29 is 9.53 Å². The molecule has 2 heterocycles. The molecule has 0 unspecified atom stereocenters. The molecule has 1 fully saturated rings. The zero-order chi connectivity index (χ0) is 15.8. The molecule has 0 saturated heterocycles. The summed E-state index contributed by atoms with van der Waals surface area (Å²) in [4.78, 5) is 18.4. The Balaban J connectivity index is 1.56. The number of fused-ring (bicyclic) bond motifs is 1. The van der Waals surface area contributed by atoms with Gasteiger partial charge in [-0.05, 0) is 36.5 Å². The van der Waals surface area contributed by atoms with Gasteiger partial charge >= 0.3 is 0 Å². The van der Waals surface area contributed by atoms with Crippen LogP contribution >= 0.6 is 11.3 Å². The van der Waals surface area contributed by atoms with Crippen molar-refractivity contribution >= 4 is 22.2 Å². The second-order valence-corrected chi connectivity index (χ2v) is 6.81. The van der Waals surface area contributed by atoms with E-state index in [0.29, 0.717) is 11.6 Å². The number of methoxy groups -OCH3 is 1. The van der Waals surface area contributed by atoms with E-state index in [9.17, 15) is 4.79 Å². The van der Waals surface area contributed by atoms with Crippen LogP contribution in [0.5, 0.6) is 5.75 Å². The van der Waals surface area contributed by atoms with Gasteiger partial charge in [-0.3, -0.25) is 9.20 Å².